The standard InChI is InChI=1S/C17H19Cl2N5O/c1-2-20-15-5-6-16(22-21-15)23-7-9-24(10-8-23)17(25)13-4-3-12(18)11-14(13)19/h3-6,11H,2,7-10H2,1H3,(H,20,21). The fourth-order valence-corrected chi connectivity index (χ4v) is 3.23. The third-order valence-corrected chi connectivity index (χ3v) is 4.61. The topological polar surface area (TPSA) is 61.4 Å². The summed E-state index contributed by atoms with van der Waals surface area (Å²) in [6.07, 6.45) is 0. The van der Waals surface area contributed by atoms with Crippen molar-refractivity contribution in [2.75, 3.05) is 42.9 Å². The third kappa shape index (κ3) is 4.14. The molecule has 0 saturated carbocycles. The summed E-state index contributed by atoms with van der Waals surface area (Å²) < 4.78 is 0. The zero-order chi connectivity index (χ0) is 17.8. The Morgan fingerprint density at radius 2 is 1.88 bits per heavy atom. The van der Waals surface area contributed by atoms with Gasteiger partial charge >= 0.3 is 0 Å². The smallest absolute Gasteiger partial charge is 0.255 e. The van der Waals surface area contributed by atoms with Gasteiger partial charge in [0, 0.05) is 37.7 Å². The number of hydrogen-bond donors (Lipinski definition) is 1. The van der Waals surface area contributed by atoms with E-state index in [2.05, 4.69) is 20.4 Å². The minimum atomic E-state index is -0.0742. The highest BCUT2D eigenvalue weighted by Gasteiger charge is 2.24. The van der Waals surface area contributed by atoms with Crippen molar-refractivity contribution < 1.29 is 4.79 Å². The van der Waals surface area contributed by atoms with Crippen LogP contribution in [0.3, 0.4) is 0 Å². The minimum Gasteiger partial charge on any atom is -0.369 e. The van der Waals surface area contributed by atoms with Gasteiger partial charge in [0.25, 0.3) is 5.91 Å². The summed E-state index contributed by atoms with van der Waals surface area (Å²) in [6.45, 7) is 5.43. The van der Waals surface area contributed by atoms with Crippen molar-refractivity contribution in [3.05, 3.63) is 45.9 Å². The third-order valence-electron chi connectivity index (χ3n) is 4.06. The van der Waals surface area contributed by atoms with Gasteiger partial charge < -0.3 is 15.1 Å². The molecule has 6 nitrogen and oxygen atoms in total. The highest BCUT2D eigenvalue weighted by Crippen LogP contribution is 2.23. The monoisotopic (exact) mass is 379 g/mol. The summed E-state index contributed by atoms with van der Waals surface area (Å²) in [5.41, 5.74) is 0.481. The molecule has 0 atom stereocenters. The number of carbonyl (C=O) groups excluding carboxylic acids is 1. The molecule has 1 amide bonds. The summed E-state index contributed by atoms with van der Waals surface area (Å²) in [5.74, 6) is 1.51. The van der Waals surface area contributed by atoms with Crippen molar-refractivity contribution in [2.45, 2.75) is 6.92 Å². The Labute approximate surface area is 156 Å². The normalized spacial score (nSPS) is 14.5. The number of carbonyl (C=O) groups is 1. The number of nitrogens with one attached hydrogen (secondary N) is 1. The average molecular weight is 380 g/mol. The number of aromatic nitrogens is 2. The lowest BCUT2D eigenvalue weighted by Crippen LogP contribution is -2.49. The van der Waals surface area contributed by atoms with Crippen LogP contribution in [0.5, 0.6) is 0 Å². The Morgan fingerprint density at radius 3 is 2.48 bits per heavy atom. The molecule has 0 aliphatic carbocycles. The number of benzene rings is 1. The molecule has 1 aromatic carbocycles. The van der Waals surface area contributed by atoms with Crippen molar-refractivity contribution in [3.8, 4) is 0 Å². The number of halogens is 2. The van der Waals surface area contributed by atoms with Gasteiger partial charge in [0.2, 0.25) is 0 Å². The summed E-state index contributed by atoms with van der Waals surface area (Å²) >= 11 is 12.0. The van der Waals surface area contributed by atoms with Gasteiger partial charge in [-0.2, -0.15) is 0 Å². The van der Waals surface area contributed by atoms with Gasteiger partial charge in [-0.05, 0) is 37.3 Å². The quantitative estimate of drug-likeness (QED) is 0.883. The molecule has 3 rings (SSSR count). The van der Waals surface area contributed by atoms with Crippen LogP contribution in [0.25, 0.3) is 0 Å². The van der Waals surface area contributed by atoms with Gasteiger partial charge in [-0.15, -0.1) is 10.2 Å². The van der Waals surface area contributed by atoms with E-state index in [-0.39, 0.29) is 5.91 Å². The van der Waals surface area contributed by atoms with Gasteiger partial charge in [-0.3, -0.25) is 4.79 Å². The SMILES string of the molecule is CCNc1ccc(N2CCN(C(=O)c3ccc(Cl)cc3Cl)CC2)nn1. The highest BCUT2D eigenvalue weighted by molar-refractivity contribution is 6.36. The Morgan fingerprint density at radius 1 is 1.12 bits per heavy atom. The molecule has 1 fully saturated rings. The lowest BCUT2D eigenvalue weighted by molar-refractivity contribution is 0.0746. The van der Waals surface area contributed by atoms with E-state index in [1.54, 1.807) is 23.1 Å². The van der Waals surface area contributed by atoms with Crippen molar-refractivity contribution in [2.24, 2.45) is 0 Å². The van der Waals surface area contributed by atoms with Gasteiger partial charge in [0.05, 0.1) is 10.6 Å². The van der Waals surface area contributed by atoms with E-state index in [0.29, 0.717) is 41.8 Å². The van der Waals surface area contributed by atoms with Crippen LogP contribution >= 0.6 is 23.2 Å². The van der Waals surface area contributed by atoms with Crippen LogP contribution in [0.4, 0.5) is 11.6 Å². The fraction of sp³-hybridized carbons (Fsp3) is 0.353. The predicted molar refractivity (Wildman–Crippen MR) is 101 cm³/mol. The first-order valence-corrected chi connectivity index (χ1v) is 8.91. The summed E-state index contributed by atoms with van der Waals surface area (Å²) in [4.78, 5) is 16.6. The van der Waals surface area contributed by atoms with E-state index in [1.165, 1.54) is 0 Å². The van der Waals surface area contributed by atoms with Crippen molar-refractivity contribution in [3.63, 3.8) is 0 Å². The van der Waals surface area contributed by atoms with Crippen LogP contribution in [-0.4, -0.2) is 53.7 Å². The zero-order valence-electron chi connectivity index (χ0n) is 13.9. The van der Waals surface area contributed by atoms with Gasteiger partial charge in [0.15, 0.2) is 5.82 Å². The van der Waals surface area contributed by atoms with E-state index in [0.717, 1.165) is 18.2 Å². The lowest BCUT2D eigenvalue weighted by Gasteiger charge is -2.35. The Hall–Kier alpha value is -2.05. The molecule has 1 aliphatic rings. The average Bonchev–Trinajstić information content (AvgIpc) is 2.62. The largest absolute Gasteiger partial charge is 0.369 e. The number of nitrogens with zero attached hydrogens (tertiary/aromatic N) is 4. The van der Waals surface area contributed by atoms with Crippen molar-refractivity contribution >= 4 is 40.7 Å². The lowest BCUT2D eigenvalue weighted by atomic mass is 10.2. The first kappa shape index (κ1) is 17.8. The minimum absolute atomic E-state index is 0.0742. The van der Waals surface area contributed by atoms with Crippen LogP contribution in [0, 0.1) is 0 Å². The van der Waals surface area contributed by atoms with Gasteiger partial charge in [0.1, 0.15) is 5.82 Å². The molecule has 0 radical (unpaired) electrons. The van der Waals surface area contributed by atoms with Gasteiger partial charge in [-0.1, -0.05) is 23.2 Å². The molecule has 0 spiro atoms. The van der Waals surface area contributed by atoms with Crippen molar-refractivity contribution in [1.29, 1.82) is 0 Å². The molecule has 1 N–H and O–H groups in total. The fourth-order valence-electron chi connectivity index (χ4n) is 2.74. The Kier molecular flexibility index (Phi) is 5.60. The molecule has 8 heteroatoms. The van der Waals surface area contributed by atoms with Crippen LogP contribution in [0.1, 0.15) is 17.3 Å². The predicted octanol–water partition coefficient (Wildman–Crippen LogP) is 3.18. The maximum atomic E-state index is 12.6. The molecule has 0 bridgehead atoms. The van der Waals surface area contributed by atoms with Crippen LogP contribution in [0.2, 0.25) is 10.0 Å². The molecule has 0 unspecified atom stereocenters. The molecule has 25 heavy (non-hydrogen) atoms. The first-order chi connectivity index (χ1) is 12.1. The van der Waals surface area contributed by atoms with E-state index < -0.39 is 0 Å². The number of piperazine rings is 1. The second-order valence-corrected chi connectivity index (χ2v) is 6.55. The molecular formula is C17H19Cl2N5O. The molecule has 1 aliphatic heterocycles. The van der Waals surface area contributed by atoms with E-state index in [1.807, 2.05) is 19.1 Å². The Balaban J connectivity index is 1.62. The Bertz CT molecular complexity index is 745. The molecule has 2 aromatic rings. The van der Waals surface area contributed by atoms with E-state index in [4.69, 9.17) is 23.2 Å². The molecule has 1 aromatic heterocycles. The number of amides is 1. The first-order valence-electron chi connectivity index (χ1n) is 8.15. The van der Waals surface area contributed by atoms with E-state index in [9.17, 15) is 4.79 Å². The number of hydrogen-bond acceptors (Lipinski definition) is 5. The second-order valence-electron chi connectivity index (χ2n) is 5.71. The second kappa shape index (κ2) is 7.89. The molecule has 1 saturated heterocycles. The summed E-state index contributed by atoms with van der Waals surface area (Å²) in [7, 11) is 0. The molecule has 2 heterocycles. The van der Waals surface area contributed by atoms with Crippen molar-refractivity contribution in [1.82, 2.24) is 15.1 Å². The van der Waals surface area contributed by atoms with Crippen LogP contribution in [-0.2, 0) is 0 Å². The maximum Gasteiger partial charge on any atom is 0.255 e. The zero-order valence-corrected chi connectivity index (χ0v) is 15.4. The molecule has 132 valence electrons. The number of rotatable bonds is 4. The number of anilines is 2. The maximum absolute atomic E-state index is 12.6. The van der Waals surface area contributed by atoms with E-state index >= 15 is 0 Å². The molecular weight excluding hydrogens is 361 g/mol. The van der Waals surface area contributed by atoms with Crippen LogP contribution < -0.4 is 10.2 Å². The van der Waals surface area contributed by atoms with Gasteiger partial charge in [-0.25, -0.2) is 0 Å². The van der Waals surface area contributed by atoms with Crippen LogP contribution in [0.15, 0.2) is 30.3 Å². The summed E-state index contributed by atoms with van der Waals surface area (Å²) in [6, 6.07) is 8.80. The highest BCUT2D eigenvalue weighted by atomic mass is 35.5. The summed E-state index contributed by atoms with van der Waals surface area (Å²) in [5, 5.41) is 12.4.